The molecule has 0 fully saturated rings. The standard InChI is InChI=1S/C15H13FN2O2S/c1-10-5-13(18-20-10)8-21-9-14-7-19-15(17-14)11-3-2-4-12(16)6-11/h2-7H,8-9H2,1H3. The van der Waals surface area contributed by atoms with Gasteiger partial charge in [0.05, 0.1) is 11.4 Å². The number of hydrogen-bond donors (Lipinski definition) is 0. The molecule has 3 aromatic rings. The summed E-state index contributed by atoms with van der Waals surface area (Å²) in [7, 11) is 0. The van der Waals surface area contributed by atoms with Gasteiger partial charge in [-0.25, -0.2) is 9.37 Å². The Morgan fingerprint density at radius 1 is 1.19 bits per heavy atom. The topological polar surface area (TPSA) is 52.1 Å². The lowest BCUT2D eigenvalue weighted by Gasteiger charge is -1.95. The van der Waals surface area contributed by atoms with Gasteiger partial charge in [-0.3, -0.25) is 0 Å². The predicted molar refractivity (Wildman–Crippen MR) is 78.1 cm³/mol. The smallest absolute Gasteiger partial charge is 0.226 e. The van der Waals surface area contributed by atoms with Gasteiger partial charge in [-0.1, -0.05) is 11.2 Å². The fraction of sp³-hybridized carbons (Fsp3) is 0.200. The zero-order chi connectivity index (χ0) is 14.7. The van der Waals surface area contributed by atoms with Crippen molar-refractivity contribution in [2.24, 2.45) is 0 Å². The van der Waals surface area contributed by atoms with Crippen LogP contribution in [0.4, 0.5) is 4.39 Å². The van der Waals surface area contributed by atoms with Gasteiger partial charge in [0.25, 0.3) is 0 Å². The van der Waals surface area contributed by atoms with Crippen LogP contribution in [0.25, 0.3) is 11.5 Å². The highest BCUT2D eigenvalue weighted by Gasteiger charge is 2.08. The average Bonchev–Trinajstić information content (AvgIpc) is 3.08. The van der Waals surface area contributed by atoms with Crippen molar-refractivity contribution in [3.8, 4) is 11.5 Å². The van der Waals surface area contributed by atoms with Gasteiger partial charge in [0.2, 0.25) is 5.89 Å². The number of halogens is 1. The van der Waals surface area contributed by atoms with Crippen LogP contribution in [0.3, 0.4) is 0 Å². The molecule has 0 aliphatic heterocycles. The molecule has 0 aliphatic carbocycles. The summed E-state index contributed by atoms with van der Waals surface area (Å²) in [5.74, 6) is 2.38. The summed E-state index contributed by atoms with van der Waals surface area (Å²) in [6.45, 7) is 1.87. The van der Waals surface area contributed by atoms with E-state index in [1.54, 1.807) is 30.2 Å². The Morgan fingerprint density at radius 2 is 2.05 bits per heavy atom. The molecule has 21 heavy (non-hydrogen) atoms. The van der Waals surface area contributed by atoms with E-state index in [2.05, 4.69) is 10.1 Å². The maximum Gasteiger partial charge on any atom is 0.226 e. The van der Waals surface area contributed by atoms with Crippen molar-refractivity contribution in [3.05, 3.63) is 59.6 Å². The molecule has 3 rings (SSSR count). The van der Waals surface area contributed by atoms with E-state index < -0.39 is 0 Å². The number of aromatic nitrogens is 2. The van der Waals surface area contributed by atoms with Gasteiger partial charge in [-0.15, -0.1) is 11.8 Å². The SMILES string of the molecule is Cc1cc(CSCc2coc(-c3cccc(F)c3)n2)no1. The fourth-order valence-corrected chi connectivity index (χ4v) is 2.66. The van der Waals surface area contributed by atoms with Crippen molar-refractivity contribution in [2.45, 2.75) is 18.4 Å². The van der Waals surface area contributed by atoms with Crippen LogP contribution >= 0.6 is 11.8 Å². The maximum absolute atomic E-state index is 13.2. The first-order valence-corrected chi connectivity index (χ1v) is 7.56. The Kier molecular flexibility index (Phi) is 4.06. The Bertz CT molecular complexity index is 739. The minimum atomic E-state index is -0.303. The number of aryl methyl sites for hydroxylation is 1. The molecule has 0 saturated carbocycles. The fourth-order valence-electron chi connectivity index (χ4n) is 1.87. The Balaban J connectivity index is 1.60. The van der Waals surface area contributed by atoms with Gasteiger partial charge in [0.15, 0.2) is 0 Å². The molecule has 0 amide bonds. The number of nitrogens with zero attached hydrogens (tertiary/aromatic N) is 2. The Hall–Kier alpha value is -2.08. The van der Waals surface area contributed by atoms with Crippen LogP contribution in [0.2, 0.25) is 0 Å². The molecule has 0 aliphatic rings. The van der Waals surface area contributed by atoms with Crippen molar-refractivity contribution in [1.29, 1.82) is 0 Å². The van der Waals surface area contributed by atoms with E-state index in [0.717, 1.165) is 22.9 Å². The van der Waals surface area contributed by atoms with E-state index >= 15 is 0 Å². The maximum atomic E-state index is 13.2. The number of thioether (sulfide) groups is 1. The van der Waals surface area contributed by atoms with Gasteiger partial charge in [-0.2, -0.15) is 0 Å². The van der Waals surface area contributed by atoms with Crippen LogP contribution in [0.1, 0.15) is 17.1 Å². The molecule has 2 heterocycles. The molecule has 0 bridgehead atoms. The van der Waals surface area contributed by atoms with Crippen molar-refractivity contribution in [1.82, 2.24) is 10.1 Å². The number of hydrogen-bond acceptors (Lipinski definition) is 5. The molecule has 108 valence electrons. The molecule has 0 unspecified atom stereocenters. The normalized spacial score (nSPS) is 11.0. The molecular formula is C15H13FN2O2S. The first kappa shape index (κ1) is 13.9. The van der Waals surface area contributed by atoms with E-state index in [-0.39, 0.29) is 5.82 Å². The van der Waals surface area contributed by atoms with Gasteiger partial charge in [0, 0.05) is 23.1 Å². The predicted octanol–water partition coefficient (Wildman–Crippen LogP) is 4.21. The second-order valence-corrected chi connectivity index (χ2v) is 5.56. The van der Waals surface area contributed by atoms with Gasteiger partial charge in [-0.05, 0) is 25.1 Å². The second-order valence-electron chi connectivity index (χ2n) is 4.58. The summed E-state index contributed by atoms with van der Waals surface area (Å²) in [6, 6.07) is 8.11. The van der Waals surface area contributed by atoms with Gasteiger partial charge < -0.3 is 8.94 Å². The highest BCUT2D eigenvalue weighted by molar-refractivity contribution is 7.97. The molecule has 2 aromatic heterocycles. The highest BCUT2D eigenvalue weighted by Crippen LogP contribution is 2.22. The molecule has 0 N–H and O–H groups in total. The summed E-state index contributed by atoms with van der Waals surface area (Å²) < 4.78 is 23.6. The number of oxazole rings is 1. The summed E-state index contributed by atoms with van der Waals surface area (Å²) in [6.07, 6.45) is 1.60. The van der Waals surface area contributed by atoms with E-state index in [4.69, 9.17) is 8.94 Å². The van der Waals surface area contributed by atoms with E-state index in [1.165, 1.54) is 12.1 Å². The lowest BCUT2D eigenvalue weighted by Crippen LogP contribution is -1.85. The van der Waals surface area contributed by atoms with E-state index in [9.17, 15) is 4.39 Å². The zero-order valence-electron chi connectivity index (χ0n) is 11.4. The number of rotatable bonds is 5. The van der Waals surface area contributed by atoms with Crippen molar-refractivity contribution in [3.63, 3.8) is 0 Å². The molecule has 0 atom stereocenters. The van der Waals surface area contributed by atoms with Gasteiger partial charge >= 0.3 is 0 Å². The zero-order valence-corrected chi connectivity index (χ0v) is 12.2. The van der Waals surface area contributed by atoms with Crippen LogP contribution in [-0.4, -0.2) is 10.1 Å². The minimum Gasteiger partial charge on any atom is -0.444 e. The van der Waals surface area contributed by atoms with Crippen LogP contribution in [0.15, 0.2) is 45.5 Å². The Labute approximate surface area is 125 Å². The van der Waals surface area contributed by atoms with E-state index in [1.807, 2.05) is 13.0 Å². The molecule has 6 heteroatoms. The van der Waals surface area contributed by atoms with Crippen molar-refractivity contribution in [2.75, 3.05) is 0 Å². The lowest BCUT2D eigenvalue weighted by atomic mass is 10.2. The molecule has 0 radical (unpaired) electrons. The third-order valence-electron chi connectivity index (χ3n) is 2.80. The van der Waals surface area contributed by atoms with Gasteiger partial charge in [0.1, 0.15) is 17.8 Å². The first-order valence-electron chi connectivity index (χ1n) is 6.41. The Morgan fingerprint density at radius 3 is 2.81 bits per heavy atom. The average molecular weight is 304 g/mol. The second kappa shape index (κ2) is 6.13. The third kappa shape index (κ3) is 3.52. The lowest BCUT2D eigenvalue weighted by molar-refractivity contribution is 0.393. The summed E-state index contributed by atoms with van der Waals surface area (Å²) >= 11 is 1.67. The summed E-state index contributed by atoms with van der Waals surface area (Å²) in [5, 5.41) is 3.93. The number of benzene rings is 1. The molecule has 1 aromatic carbocycles. The molecule has 4 nitrogen and oxygen atoms in total. The quantitative estimate of drug-likeness (QED) is 0.706. The van der Waals surface area contributed by atoms with Crippen LogP contribution in [0.5, 0.6) is 0 Å². The largest absolute Gasteiger partial charge is 0.444 e. The van der Waals surface area contributed by atoms with Crippen LogP contribution in [0, 0.1) is 12.7 Å². The summed E-state index contributed by atoms with van der Waals surface area (Å²) in [5.41, 5.74) is 2.37. The van der Waals surface area contributed by atoms with Crippen molar-refractivity contribution < 1.29 is 13.3 Å². The molecule has 0 saturated heterocycles. The highest BCUT2D eigenvalue weighted by atomic mass is 32.2. The molecule has 0 spiro atoms. The van der Waals surface area contributed by atoms with Crippen molar-refractivity contribution >= 4 is 11.8 Å². The van der Waals surface area contributed by atoms with E-state index in [0.29, 0.717) is 17.2 Å². The summed E-state index contributed by atoms with van der Waals surface area (Å²) in [4.78, 5) is 4.36. The first-order chi connectivity index (χ1) is 10.2. The van der Waals surface area contributed by atoms with Crippen LogP contribution < -0.4 is 0 Å². The molecular weight excluding hydrogens is 291 g/mol. The third-order valence-corrected chi connectivity index (χ3v) is 3.80. The van der Waals surface area contributed by atoms with Crippen LogP contribution in [-0.2, 0) is 11.5 Å². The monoisotopic (exact) mass is 304 g/mol. The minimum absolute atomic E-state index is 0.303.